The Morgan fingerprint density at radius 1 is 0.326 bits per heavy atom. The van der Waals surface area contributed by atoms with Crippen molar-refractivity contribution in [2.75, 3.05) is 39.3 Å². The van der Waals surface area contributed by atoms with Gasteiger partial charge in [-0.25, -0.2) is 4.79 Å². The number of hydrogen-bond acceptors (Lipinski definition) is 17. The Morgan fingerprint density at radius 2 is 0.574 bits per heavy atom. The van der Waals surface area contributed by atoms with Crippen molar-refractivity contribution in [3.8, 4) is 0 Å². The van der Waals surface area contributed by atoms with Crippen LogP contribution in [0.5, 0.6) is 0 Å². The summed E-state index contributed by atoms with van der Waals surface area (Å²) in [7, 11) is 0. The molecule has 2 fully saturated rings. The van der Waals surface area contributed by atoms with E-state index >= 15 is 38.4 Å². The zero-order chi connectivity index (χ0) is 99.8. The molecule has 41 nitrogen and oxygen atoms in total. The number of aromatic nitrogens is 6. The molecule has 742 valence electrons. The van der Waals surface area contributed by atoms with E-state index in [0.29, 0.717) is 73.4 Å². The van der Waals surface area contributed by atoms with Crippen molar-refractivity contribution in [3.05, 3.63) is 216 Å². The van der Waals surface area contributed by atoms with Crippen LogP contribution in [0.4, 0.5) is 0 Å². The molecule has 6 aromatic heterocycles. The molecular weight excluding hydrogens is 1800 g/mol. The van der Waals surface area contributed by atoms with Gasteiger partial charge in [0, 0.05) is 167 Å². The van der Waals surface area contributed by atoms with Crippen LogP contribution >= 0.6 is 0 Å². The molecule has 2 saturated heterocycles. The molecule has 6 aromatic carbocycles. The van der Waals surface area contributed by atoms with Crippen molar-refractivity contribution in [2.45, 2.75) is 194 Å². The van der Waals surface area contributed by atoms with Crippen molar-refractivity contribution in [1.29, 1.82) is 16.2 Å². The van der Waals surface area contributed by atoms with Gasteiger partial charge in [-0.1, -0.05) is 109 Å². The van der Waals surface area contributed by atoms with E-state index in [9.17, 15) is 24.3 Å². The number of rotatable bonds is 49. The Morgan fingerprint density at radius 3 is 0.865 bits per heavy atom. The summed E-state index contributed by atoms with van der Waals surface area (Å²) in [4.78, 5) is 204. The van der Waals surface area contributed by atoms with E-state index in [1.165, 1.54) is 9.80 Å². The number of unbranched alkanes of at least 4 members (excludes halogenated alkanes) is 1. The highest BCUT2D eigenvalue weighted by atomic mass is 16.4. The Balaban J connectivity index is 0.736. The number of H-pyrrole nitrogens is 6. The number of fused-ring (bicyclic) bond motifs is 6. The van der Waals surface area contributed by atoms with Crippen molar-refractivity contribution < 1.29 is 62.6 Å². The molecule has 14 rings (SSSR count). The highest BCUT2D eigenvalue weighted by Crippen LogP contribution is 2.30. The third-order valence-corrected chi connectivity index (χ3v) is 26.2. The van der Waals surface area contributed by atoms with Crippen LogP contribution in [-0.4, -0.2) is 245 Å². The van der Waals surface area contributed by atoms with Gasteiger partial charge in [-0.3, -0.25) is 69.0 Å². The minimum atomic E-state index is -1.51. The van der Waals surface area contributed by atoms with Gasteiger partial charge in [0.25, 0.3) is 0 Å². The van der Waals surface area contributed by atoms with E-state index in [0.717, 1.165) is 38.3 Å². The maximum Gasteiger partial charge on any atom is 0.326 e. The molecule has 8 heterocycles. The fourth-order valence-corrected chi connectivity index (χ4v) is 18.9. The molecule has 2 aliphatic heterocycles. The highest BCUT2D eigenvalue weighted by Gasteiger charge is 2.44. The number of aromatic amines is 6. The fraction of sp³-hybridized carbons (Fsp3) is 0.370. The number of likely N-dealkylation sites (tertiary alicyclic amines) is 2. The molecule has 0 spiro atoms. The summed E-state index contributed by atoms with van der Waals surface area (Å²) in [6.45, 7) is 0.492. The number of carbonyl (C=O) groups is 12. The van der Waals surface area contributed by atoms with Gasteiger partial charge in [-0.15, -0.1) is 0 Å². The molecule has 32 N–H and O–H groups in total. The van der Waals surface area contributed by atoms with E-state index in [-0.39, 0.29) is 166 Å². The minimum absolute atomic E-state index is 0.00558. The first-order valence-electron chi connectivity index (χ1n) is 47.7. The molecule has 41 heteroatoms. The molecule has 0 aliphatic carbocycles. The summed E-state index contributed by atoms with van der Waals surface area (Å²) in [6.07, 6.45) is 11.3. The summed E-state index contributed by atoms with van der Waals surface area (Å²) >= 11 is 0. The largest absolute Gasteiger partial charge is 0.480 e. The van der Waals surface area contributed by atoms with Gasteiger partial charge in [0.2, 0.25) is 65.0 Å². The minimum Gasteiger partial charge on any atom is -0.480 e. The van der Waals surface area contributed by atoms with E-state index in [2.05, 4.69) is 93.7 Å². The van der Waals surface area contributed by atoms with Crippen LogP contribution in [0.3, 0.4) is 0 Å². The van der Waals surface area contributed by atoms with Crippen LogP contribution in [0, 0.1) is 16.2 Å². The SMILES string of the molecule is N=C(N)NCCC[C@H](NC(=O)[C@H](CCCNC(=N)N)NC(=O)[C@H](Cc1c[nH]c2ccccc12)NC(=O)[C@@H]1CCCN1C(=O)[C@H](Cc1c[nH]c2ccccc12)NC(=O)[C@H](Cc1c[nH]c2ccccc12)NC(=O)[C@@H]1CCCN1C(=O)[C@H](Cc1c[nH]c2ccccc12)NC(=O)[C@H](CCCNC(=N)N)NC(=O)[C@H](Cc1c[nH]c2ccccc12)NC(=O)[C@@H](N)Cc1c[nH]c2ccccc12)C(=O)N[C@@H](CCCCN)C(=O)O. The van der Waals surface area contributed by atoms with Gasteiger partial charge in [-0.2, -0.15) is 0 Å². The first-order chi connectivity index (χ1) is 68.1. The average Bonchev–Trinajstić information content (AvgIpc) is 1.70. The molecular formula is C100H124N28O13. The molecule has 0 bridgehead atoms. The molecule has 11 amide bonds. The summed E-state index contributed by atoms with van der Waals surface area (Å²) < 4.78 is 0. The molecule has 141 heavy (non-hydrogen) atoms. The van der Waals surface area contributed by atoms with Gasteiger partial charge >= 0.3 is 5.97 Å². The third kappa shape index (κ3) is 26.1. The molecule has 0 radical (unpaired) electrons. The van der Waals surface area contributed by atoms with Crippen LogP contribution in [0.15, 0.2) is 183 Å². The van der Waals surface area contributed by atoms with E-state index < -0.39 is 143 Å². The number of guanidine groups is 3. The molecule has 12 aromatic rings. The quantitative estimate of drug-likeness (QED) is 0.0148. The van der Waals surface area contributed by atoms with E-state index in [4.69, 9.17) is 44.9 Å². The summed E-state index contributed by atoms with van der Waals surface area (Å²) in [5.41, 5.74) is 37.6. The number of para-hydroxylation sites is 6. The number of carbonyl (C=O) groups excluding carboxylic acids is 11. The average molecular weight is 1930 g/mol. The Kier molecular flexibility index (Phi) is 34.2. The number of amides is 11. The van der Waals surface area contributed by atoms with Gasteiger partial charge in [0.1, 0.15) is 66.5 Å². The lowest BCUT2D eigenvalue weighted by Gasteiger charge is -2.32. The van der Waals surface area contributed by atoms with Crippen molar-refractivity contribution in [1.82, 2.24) is 104 Å². The second kappa shape index (κ2) is 47.8. The first-order valence-corrected chi connectivity index (χ1v) is 47.7. The van der Waals surface area contributed by atoms with Crippen LogP contribution < -0.4 is 92.5 Å². The summed E-state index contributed by atoms with van der Waals surface area (Å²) in [5, 5.41) is 72.1. The van der Waals surface area contributed by atoms with Crippen LogP contribution in [0.2, 0.25) is 0 Å². The second-order valence-electron chi connectivity index (χ2n) is 36.0. The maximum absolute atomic E-state index is 16.2. The first kappa shape index (κ1) is 101. The Bertz CT molecular complexity index is 6530. The smallest absolute Gasteiger partial charge is 0.326 e. The van der Waals surface area contributed by atoms with Crippen molar-refractivity contribution >= 4 is 154 Å². The number of nitrogens with one attached hydrogen (secondary N) is 21. The lowest BCUT2D eigenvalue weighted by molar-refractivity contribution is -0.143. The molecule has 0 unspecified atom stereocenters. The molecule has 2 aliphatic rings. The second-order valence-corrected chi connectivity index (χ2v) is 36.0. The number of carboxylic acid groups (broad SMARTS) is 1. The maximum atomic E-state index is 16.2. The van der Waals surface area contributed by atoms with Crippen LogP contribution in [0.1, 0.15) is 117 Å². The normalized spacial score (nSPS) is 15.8. The van der Waals surface area contributed by atoms with Gasteiger partial charge < -0.3 is 137 Å². The Hall–Kier alpha value is -16.1. The van der Waals surface area contributed by atoms with Crippen molar-refractivity contribution in [3.63, 3.8) is 0 Å². The van der Waals surface area contributed by atoms with Gasteiger partial charge in [-0.05, 0) is 166 Å². The summed E-state index contributed by atoms with van der Waals surface area (Å²) in [6, 6.07) is 27.6. The number of nitrogens with zero attached hydrogens (tertiary/aromatic N) is 2. The fourth-order valence-electron chi connectivity index (χ4n) is 18.9. The zero-order valence-electron chi connectivity index (χ0n) is 78.1. The number of hydrogen-bond donors (Lipinski definition) is 27. The predicted octanol–water partition coefficient (Wildman–Crippen LogP) is 3.01. The van der Waals surface area contributed by atoms with E-state index in [1.807, 2.05) is 140 Å². The lowest BCUT2D eigenvalue weighted by Crippen LogP contribution is -2.61. The standard InChI is InChI=1S/C100H124N28O13/c101-38-14-13-32-78(97(140)141)121-88(131)76(34-16-40-110-99(105)106)118-87(130)75(33-15-39-109-98(103)104)119-91(134)80(46-58-52-114-71-28-9-3-22-64(58)71)123-93(136)84-36-19-43-128(84)96(139)83(49-61-55-117-74-31-12-6-25-67(61)74)126-92(135)81(47-59-53-115-72-29-10-4-23-65(59)72)124-94(137)85-37-18-42-127(85)95(138)82(48-60-54-116-73-30-11-5-24-66(60)73)125-89(132)77(35-17-41-111-100(107)108)120-90(133)79(45-57-51-113-70-27-8-2-21-63(57)70)122-86(129)68(102)44-56-50-112-69-26-7-1-20-62(56)69/h1-12,20-31,50-55,68,75-85,112-117H,13-19,32-49,101-102H2,(H,118,130)(H,119,134)(H,120,133)(H,121,131)(H,122,129)(H,123,136)(H,124,137)(H,125,132)(H,126,135)(H,140,141)(H4,103,104,109)(H4,105,106,110)(H4,107,108,111)/t68-,75-,76-,77-,78-,79-,80-,81-,82-,83-,84-,85-/m0/s1. The monoisotopic (exact) mass is 1920 g/mol. The lowest BCUT2D eigenvalue weighted by atomic mass is 10.00. The topological polar surface area (TPSA) is 672 Å². The predicted molar refractivity (Wildman–Crippen MR) is 535 cm³/mol. The molecule has 0 saturated carbocycles. The third-order valence-electron chi connectivity index (χ3n) is 26.2. The van der Waals surface area contributed by atoms with E-state index in [1.54, 1.807) is 43.2 Å². The highest BCUT2D eigenvalue weighted by molar-refractivity contribution is 6.02. The molecule has 12 atom stereocenters. The number of aliphatic carboxylic acids is 1. The van der Waals surface area contributed by atoms with Crippen LogP contribution in [0.25, 0.3) is 65.4 Å². The number of nitrogens with two attached hydrogens (primary N) is 5. The van der Waals surface area contributed by atoms with Gasteiger partial charge in [0.15, 0.2) is 17.9 Å². The summed E-state index contributed by atoms with van der Waals surface area (Å²) in [5.74, 6) is -11.0. The Labute approximate surface area is 811 Å². The van der Waals surface area contributed by atoms with Crippen molar-refractivity contribution in [2.24, 2.45) is 28.7 Å². The number of carboxylic acids is 1. The number of benzene rings is 6. The zero-order valence-corrected chi connectivity index (χ0v) is 78.1. The van der Waals surface area contributed by atoms with Crippen LogP contribution in [-0.2, 0) is 96.1 Å². The van der Waals surface area contributed by atoms with Gasteiger partial charge in [0.05, 0.1) is 6.04 Å².